The van der Waals surface area contributed by atoms with Gasteiger partial charge in [-0.25, -0.2) is 9.78 Å². The fraction of sp³-hybridized carbons (Fsp3) is 0.605. The van der Waals surface area contributed by atoms with E-state index >= 15 is 0 Å². The third kappa shape index (κ3) is 9.93. The normalized spacial score (nSPS) is 18.7. The average molecular weight is 737 g/mol. The Morgan fingerprint density at radius 2 is 1.57 bits per heavy atom. The van der Waals surface area contributed by atoms with Crippen LogP contribution in [-0.2, 0) is 28.7 Å². The van der Waals surface area contributed by atoms with Crippen LogP contribution in [0.4, 0.5) is 4.79 Å². The number of carbonyl (C=O) groups excluding carboxylic acids is 6. The topological polar surface area (TPSA) is 177 Å². The van der Waals surface area contributed by atoms with E-state index in [0.717, 1.165) is 31.2 Å². The fourth-order valence-electron chi connectivity index (χ4n) is 7.19. The minimum absolute atomic E-state index is 0.0194. The lowest BCUT2D eigenvalue weighted by Gasteiger charge is -2.36. The monoisotopic (exact) mass is 736 g/mol. The first-order chi connectivity index (χ1) is 25.5. The molecule has 5 rings (SSSR count). The number of carbonyl (C=O) groups is 6. The van der Waals surface area contributed by atoms with Gasteiger partial charge in [-0.05, 0) is 77.5 Å². The molecule has 3 aliphatic rings. The number of hydrogen-bond acceptors (Lipinski definition) is 10. The highest BCUT2D eigenvalue weighted by Gasteiger charge is 2.38. The van der Waals surface area contributed by atoms with Crippen molar-refractivity contribution >= 4 is 46.6 Å². The summed E-state index contributed by atoms with van der Waals surface area (Å²) in [6.45, 7) is 8.74. The van der Waals surface area contributed by atoms with Gasteiger partial charge in [0.1, 0.15) is 23.5 Å². The molecule has 3 heterocycles. The van der Waals surface area contributed by atoms with Crippen LogP contribution in [0.2, 0.25) is 0 Å². The van der Waals surface area contributed by atoms with Gasteiger partial charge in [0.15, 0.2) is 6.10 Å². The molecule has 2 saturated heterocycles. The van der Waals surface area contributed by atoms with Gasteiger partial charge in [0.2, 0.25) is 11.8 Å². The van der Waals surface area contributed by atoms with Gasteiger partial charge >= 0.3 is 12.1 Å². The fourth-order valence-corrected chi connectivity index (χ4v) is 7.19. The van der Waals surface area contributed by atoms with Crippen LogP contribution in [-0.4, -0.2) is 126 Å². The van der Waals surface area contributed by atoms with Crippen LogP contribution in [0.15, 0.2) is 24.3 Å². The molecule has 2 N–H and O–H groups in total. The van der Waals surface area contributed by atoms with E-state index in [2.05, 4.69) is 15.6 Å². The molecule has 15 nitrogen and oxygen atoms in total. The zero-order valence-electron chi connectivity index (χ0n) is 31.2. The lowest BCUT2D eigenvalue weighted by Crippen LogP contribution is -2.56. The highest BCUT2D eigenvalue weighted by Crippen LogP contribution is 2.29. The predicted molar refractivity (Wildman–Crippen MR) is 194 cm³/mol. The molecule has 1 aliphatic carbocycles. The highest BCUT2D eigenvalue weighted by atomic mass is 16.6. The van der Waals surface area contributed by atoms with Crippen LogP contribution >= 0.6 is 0 Å². The Kier molecular flexibility index (Phi) is 13.5. The highest BCUT2D eigenvalue weighted by molar-refractivity contribution is 6.00. The number of hydrogen-bond donors (Lipinski definition) is 2. The van der Waals surface area contributed by atoms with E-state index in [-0.39, 0.29) is 81.5 Å². The molecule has 2 aliphatic heterocycles. The van der Waals surface area contributed by atoms with Gasteiger partial charge in [-0.2, -0.15) is 0 Å². The van der Waals surface area contributed by atoms with Crippen LogP contribution in [0.25, 0.3) is 10.9 Å². The Morgan fingerprint density at radius 1 is 0.868 bits per heavy atom. The molecule has 15 heteroatoms. The number of ether oxygens (including phenoxy) is 3. The summed E-state index contributed by atoms with van der Waals surface area (Å²) in [6, 6.07) is 5.40. The second-order valence-corrected chi connectivity index (χ2v) is 13.8. The molecule has 0 spiro atoms. The number of benzene rings is 1. The lowest BCUT2D eigenvalue weighted by molar-refractivity contribution is -0.144. The van der Waals surface area contributed by atoms with Gasteiger partial charge in [-0.1, -0.05) is 18.9 Å². The number of nitrogens with one attached hydrogen (secondary N) is 2. The maximum Gasteiger partial charge on any atom is 0.409 e. The zero-order valence-corrected chi connectivity index (χ0v) is 31.2. The molecule has 0 bridgehead atoms. The number of rotatable bonds is 13. The number of likely N-dealkylation sites (tertiary alicyclic amines) is 1. The van der Waals surface area contributed by atoms with Gasteiger partial charge in [-0.3, -0.25) is 24.0 Å². The summed E-state index contributed by atoms with van der Waals surface area (Å²) in [4.78, 5) is 88.3. The van der Waals surface area contributed by atoms with Gasteiger partial charge in [0.05, 0.1) is 18.7 Å². The van der Waals surface area contributed by atoms with Crippen molar-refractivity contribution in [3.63, 3.8) is 0 Å². The van der Waals surface area contributed by atoms with Crippen LogP contribution < -0.4 is 15.4 Å². The molecular formula is C38H52N6O9. The minimum atomic E-state index is -1.09. The third-order valence-corrected chi connectivity index (χ3v) is 10.0. The Morgan fingerprint density at radius 3 is 2.26 bits per heavy atom. The SMILES string of the molecule is CCOC(=O)CCC(NC(=O)c1cc(O[C@H](C)C(=O)N2CCCC2C(=O)NC2CCCC2)c2ccc(C)cc2n1)C(=O)N1CCN(C(=O)OCC)CC1. The molecule has 2 unspecified atom stereocenters. The quantitative estimate of drug-likeness (QED) is 0.291. The largest absolute Gasteiger partial charge is 0.480 e. The minimum Gasteiger partial charge on any atom is -0.480 e. The second-order valence-electron chi connectivity index (χ2n) is 13.8. The van der Waals surface area contributed by atoms with E-state index in [1.165, 1.54) is 11.0 Å². The van der Waals surface area contributed by atoms with Gasteiger partial charge in [-0.15, -0.1) is 0 Å². The summed E-state index contributed by atoms with van der Waals surface area (Å²) in [5, 5.41) is 6.48. The predicted octanol–water partition coefficient (Wildman–Crippen LogP) is 3.10. The van der Waals surface area contributed by atoms with Crippen molar-refractivity contribution in [3.05, 3.63) is 35.5 Å². The van der Waals surface area contributed by atoms with Gasteiger partial charge in [0, 0.05) is 56.6 Å². The van der Waals surface area contributed by atoms with Crippen molar-refractivity contribution in [3.8, 4) is 5.75 Å². The number of esters is 1. The van der Waals surface area contributed by atoms with Crippen LogP contribution in [0.3, 0.4) is 0 Å². The summed E-state index contributed by atoms with van der Waals surface area (Å²) in [5.74, 6) is -1.80. The standard InChI is InChI=1S/C38H52N6O9/c1-5-51-33(45)16-15-28(37(49)42-18-20-43(21-19-42)38(50)52-6-2)41-34(46)30-23-32(27-14-13-24(3)22-29(27)40-30)53-25(4)36(48)44-17-9-12-31(44)35(47)39-26-10-7-8-11-26/h13-14,22-23,25-26,28,31H,5-12,15-21H2,1-4H3,(H,39,47)(H,41,46)/t25-,28?,31?/m1/s1. The number of amides is 5. The first kappa shape index (κ1) is 39.3. The molecule has 0 radical (unpaired) electrons. The third-order valence-electron chi connectivity index (χ3n) is 10.0. The molecule has 5 amide bonds. The molecule has 3 atom stereocenters. The summed E-state index contributed by atoms with van der Waals surface area (Å²) in [6.07, 6.45) is 3.79. The molecule has 1 aromatic carbocycles. The van der Waals surface area contributed by atoms with Crippen LogP contribution in [0.1, 0.15) is 88.2 Å². The molecule has 3 fully saturated rings. The number of aromatic nitrogens is 1. The number of piperazine rings is 1. The Labute approximate surface area is 310 Å². The Bertz CT molecular complexity index is 1670. The summed E-state index contributed by atoms with van der Waals surface area (Å²) in [7, 11) is 0. The van der Waals surface area contributed by atoms with Gasteiger partial charge in [0.25, 0.3) is 11.8 Å². The van der Waals surface area contributed by atoms with Crippen molar-refractivity contribution in [2.45, 2.75) is 103 Å². The number of nitrogens with zero attached hydrogens (tertiary/aromatic N) is 4. The van der Waals surface area contributed by atoms with Crippen molar-refractivity contribution in [1.29, 1.82) is 0 Å². The molecular weight excluding hydrogens is 684 g/mol. The maximum atomic E-state index is 13.9. The number of pyridine rings is 1. The second kappa shape index (κ2) is 18.2. The molecule has 1 saturated carbocycles. The van der Waals surface area contributed by atoms with E-state index < -0.39 is 42.1 Å². The smallest absolute Gasteiger partial charge is 0.409 e. The number of aryl methyl sites for hydroxylation is 1. The first-order valence-electron chi connectivity index (χ1n) is 18.8. The van der Waals surface area contributed by atoms with Crippen molar-refractivity contribution in [2.24, 2.45) is 0 Å². The lowest BCUT2D eigenvalue weighted by atomic mass is 10.1. The summed E-state index contributed by atoms with van der Waals surface area (Å²) < 4.78 is 16.4. The van der Waals surface area contributed by atoms with Crippen molar-refractivity contribution < 1.29 is 43.0 Å². The number of fused-ring (bicyclic) bond motifs is 1. The Balaban J connectivity index is 1.33. The van der Waals surface area contributed by atoms with Crippen molar-refractivity contribution in [1.82, 2.24) is 30.3 Å². The molecule has 288 valence electrons. The Hall–Kier alpha value is -4.95. The molecule has 53 heavy (non-hydrogen) atoms. The van der Waals surface area contributed by atoms with Crippen LogP contribution in [0.5, 0.6) is 5.75 Å². The van der Waals surface area contributed by atoms with E-state index in [4.69, 9.17) is 14.2 Å². The summed E-state index contributed by atoms with van der Waals surface area (Å²) in [5.41, 5.74) is 1.29. The van der Waals surface area contributed by atoms with Gasteiger partial charge < -0.3 is 39.5 Å². The van der Waals surface area contributed by atoms with Crippen molar-refractivity contribution in [2.75, 3.05) is 45.9 Å². The molecule has 1 aromatic heterocycles. The van der Waals surface area contributed by atoms with E-state index in [0.29, 0.717) is 30.3 Å². The summed E-state index contributed by atoms with van der Waals surface area (Å²) >= 11 is 0. The van der Waals surface area contributed by atoms with E-state index in [1.54, 1.807) is 42.7 Å². The van der Waals surface area contributed by atoms with E-state index in [9.17, 15) is 28.8 Å². The maximum absolute atomic E-state index is 13.9. The first-order valence-corrected chi connectivity index (χ1v) is 18.8. The van der Waals surface area contributed by atoms with Crippen LogP contribution in [0, 0.1) is 6.92 Å². The average Bonchev–Trinajstić information content (AvgIpc) is 3.85. The molecule has 2 aromatic rings. The van der Waals surface area contributed by atoms with E-state index in [1.807, 2.05) is 13.0 Å². The zero-order chi connectivity index (χ0) is 38.1.